The molecule has 1 amide bonds. The Balaban J connectivity index is 1.96. The number of piperidine rings is 1. The van der Waals surface area contributed by atoms with Crippen molar-refractivity contribution in [1.82, 2.24) is 10.2 Å². The van der Waals surface area contributed by atoms with Crippen LogP contribution in [0.15, 0.2) is 30.3 Å². The third kappa shape index (κ3) is 4.46. The van der Waals surface area contributed by atoms with Gasteiger partial charge in [0.05, 0.1) is 12.5 Å². The minimum atomic E-state index is -0.875. The third-order valence-electron chi connectivity index (χ3n) is 3.76. The van der Waals surface area contributed by atoms with Gasteiger partial charge in [-0.3, -0.25) is 4.79 Å². The zero-order valence-electron chi connectivity index (χ0n) is 12.7. The first kappa shape index (κ1) is 16.3. The van der Waals surface area contributed by atoms with E-state index in [0.717, 1.165) is 5.56 Å². The highest BCUT2D eigenvalue weighted by atomic mass is 16.6. The number of carbonyl (C=O) groups excluding carboxylic acids is 1. The topological polar surface area (TPSA) is 78.9 Å². The first-order chi connectivity index (χ1) is 10.6. The molecule has 22 heavy (non-hydrogen) atoms. The predicted octanol–water partition coefficient (Wildman–Crippen LogP) is 1.71. The number of nitrogens with zero attached hydrogens (tertiary/aromatic N) is 1. The van der Waals surface area contributed by atoms with Crippen molar-refractivity contribution in [2.75, 3.05) is 19.7 Å². The number of amides is 1. The summed E-state index contributed by atoms with van der Waals surface area (Å²) in [6.07, 6.45) is 0.0675. The monoisotopic (exact) mass is 306 g/mol. The number of hydrogen-bond acceptors (Lipinski definition) is 4. The molecule has 1 aliphatic heterocycles. The van der Waals surface area contributed by atoms with Crippen LogP contribution >= 0.6 is 0 Å². The van der Waals surface area contributed by atoms with Crippen molar-refractivity contribution in [1.29, 1.82) is 0 Å². The number of rotatable bonds is 5. The summed E-state index contributed by atoms with van der Waals surface area (Å²) in [4.78, 5) is 24.6. The lowest BCUT2D eigenvalue weighted by Gasteiger charge is -2.35. The Morgan fingerprint density at radius 2 is 2.05 bits per heavy atom. The maximum atomic E-state index is 11.9. The van der Waals surface area contributed by atoms with Crippen LogP contribution in [-0.2, 0) is 16.1 Å². The molecule has 1 aliphatic rings. The van der Waals surface area contributed by atoms with Crippen molar-refractivity contribution in [2.24, 2.45) is 5.92 Å². The van der Waals surface area contributed by atoms with E-state index in [2.05, 4.69) is 5.32 Å². The Hall–Kier alpha value is -2.08. The molecule has 1 aromatic carbocycles. The minimum Gasteiger partial charge on any atom is -0.481 e. The quantitative estimate of drug-likeness (QED) is 0.866. The molecule has 0 aromatic heterocycles. The molecule has 2 rings (SSSR count). The van der Waals surface area contributed by atoms with E-state index in [9.17, 15) is 14.7 Å². The molecule has 1 aromatic rings. The van der Waals surface area contributed by atoms with E-state index >= 15 is 0 Å². The lowest BCUT2D eigenvalue weighted by molar-refractivity contribution is -0.143. The van der Waals surface area contributed by atoms with E-state index in [-0.39, 0.29) is 19.2 Å². The molecule has 1 fully saturated rings. The number of likely N-dealkylation sites (tertiary alicyclic amines) is 1. The van der Waals surface area contributed by atoms with Gasteiger partial charge in [-0.2, -0.15) is 0 Å². The smallest absolute Gasteiger partial charge is 0.409 e. The van der Waals surface area contributed by atoms with Crippen LogP contribution in [0.1, 0.15) is 18.9 Å². The zero-order chi connectivity index (χ0) is 15.9. The Morgan fingerprint density at radius 1 is 1.32 bits per heavy atom. The summed E-state index contributed by atoms with van der Waals surface area (Å²) in [5, 5.41) is 12.6. The van der Waals surface area contributed by atoms with E-state index < -0.39 is 18.0 Å². The molecule has 0 radical (unpaired) electrons. The van der Waals surface area contributed by atoms with E-state index in [0.29, 0.717) is 19.5 Å². The van der Waals surface area contributed by atoms with Crippen molar-refractivity contribution in [2.45, 2.75) is 25.9 Å². The van der Waals surface area contributed by atoms with Gasteiger partial charge in [0.15, 0.2) is 0 Å². The summed E-state index contributed by atoms with van der Waals surface area (Å²) in [6.45, 7) is 3.35. The predicted molar refractivity (Wildman–Crippen MR) is 81.4 cm³/mol. The Labute approximate surface area is 130 Å². The maximum absolute atomic E-state index is 11.9. The number of carboxylic acid groups (broad SMARTS) is 1. The molecule has 2 N–H and O–H groups in total. The van der Waals surface area contributed by atoms with Gasteiger partial charge in [-0.15, -0.1) is 0 Å². The molecule has 0 aliphatic carbocycles. The highest BCUT2D eigenvalue weighted by Crippen LogP contribution is 2.18. The summed E-state index contributed by atoms with van der Waals surface area (Å²) >= 11 is 0. The van der Waals surface area contributed by atoms with Crippen LogP contribution in [0.2, 0.25) is 0 Å². The zero-order valence-corrected chi connectivity index (χ0v) is 12.7. The van der Waals surface area contributed by atoms with Crippen molar-refractivity contribution in [3.05, 3.63) is 35.9 Å². The fraction of sp³-hybridized carbons (Fsp3) is 0.500. The van der Waals surface area contributed by atoms with Crippen molar-refractivity contribution in [3.63, 3.8) is 0 Å². The highest BCUT2D eigenvalue weighted by Gasteiger charge is 2.34. The van der Waals surface area contributed by atoms with Gasteiger partial charge < -0.3 is 20.1 Å². The summed E-state index contributed by atoms with van der Waals surface area (Å²) in [7, 11) is 0. The second-order valence-corrected chi connectivity index (χ2v) is 5.44. The summed E-state index contributed by atoms with van der Waals surface area (Å²) in [5.41, 5.74) is 1.13. The molecule has 2 atom stereocenters. The summed E-state index contributed by atoms with van der Waals surface area (Å²) < 4.78 is 4.99. The van der Waals surface area contributed by atoms with Gasteiger partial charge in [-0.25, -0.2) is 4.79 Å². The van der Waals surface area contributed by atoms with Gasteiger partial charge in [-0.05, 0) is 18.9 Å². The van der Waals surface area contributed by atoms with E-state index in [1.54, 1.807) is 6.92 Å². The van der Waals surface area contributed by atoms with Crippen molar-refractivity contribution in [3.8, 4) is 0 Å². The lowest BCUT2D eigenvalue weighted by Crippen LogP contribution is -2.52. The molecule has 6 nitrogen and oxygen atoms in total. The number of nitrogens with one attached hydrogen (secondary N) is 1. The number of carbonyl (C=O) groups is 2. The van der Waals surface area contributed by atoms with Gasteiger partial charge >= 0.3 is 12.1 Å². The van der Waals surface area contributed by atoms with Gasteiger partial charge in [0.2, 0.25) is 0 Å². The normalized spacial score (nSPS) is 21.4. The Morgan fingerprint density at radius 3 is 2.68 bits per heavy atom. The minimum absolute atomic E-state index is 0.0561. The van der Waals surface area contributed by atoms with E-state index in [1.165, 1.54) is 4.90 Å². The highest BCUT2D eigenvalue weighted by molar-refractivity contribution is 5.73. The van der Waals surface area contributed by atoms with Crippen LogP contribution in [0.4, 0.5) is 4.79 Å². The summed E-state index contributed by atoms with van der Waals surface area (Å²) in [5.74, 6) is -1.44. The van der Waals surface area contributed by atoms with Crippen molar-refractivity contribution >= 4 is 12.1 Å². The van der Waals surface area contributed by atoms with Crippen molar-refractivity contribution < 1.29 is 19.4 Å². The average molecular weight is 306 g/mol. The number of hydrogen-bond donors (Lipinski definition) is 2. The molecule has 6 heteroatoms. The largest absolute Gasteiger partial charge is 0.481 e. The third-order valence-corrected chi connectivity index (χ3v) is 3.76. The molecule has 1 saturated heterocycles. The number of carboxylic acids is 1. The molecule has 2 unspecified atom stereocenters. The number of benzene rings is 1. The van der Waals surface area contributed by atoms with Crippen LogP contribution in [0.25, 0.3) is 0 Å². The SMILES string of the molecule is CCOC(=O)N1CC(NCc2ccccc2)CC(C(=O)O)C1. The van der Waals surface area contributed by atoms with E-state index in [1.807, 2.05) is 30.3 Å². The van der Waals surface area contributed by atoms with Crippen LogP contribution in [0.5, 0.6) is 0 Å². The fourth-order valence-corrected chi connectivity index (χ4v) is 2.65. The van der Waals surface area contributed by atoms with Crippen LogP contribution in [-0.4, -0.2) is 47.8 Å². The second-order valence-electron chi connectivity index (χ2n) is 5.44. The molecular weight excluding hydrogens is 284 g/mol. The number of ether oxygens (including phenoxy) is 1. The Bertz CT molecular complexity index is 506. The van der Waals surface area contributed by atoms with Crippen LogP contribution < -0.4 is 5.32 Å². The molecular formula is C16H22N2O4. The molecule has 0 saturated carbocycles. The van der Waals surface area contributed by atoms with E-state index in [4.69, 9.17) is 4.74 Å². The first-order valence-electron chi connectivity index (χ1n) is 7.52. The van der Waals surface area contributed by atoms with Gasteiger partial charge in [0.25, 0.3) is 0 Å². The average Bonchev–Trinajstić information content (AvgIpc) is 2.54. The lowest BCUT2D eigenvalue weighted by atomic mass is 9.94. The summed E-state index contributed by atoms with van der Waals surface area (Å²) in [6, 6.07) is 9.83. The van der Waals surface area contributed by atoms with Gasteiger partial charge in [0, 0.05) is 25.7 Å². The van der Waals surface area contributed by atoms with Crippen LogP contribution in [0, 0.1) is 5.92 Å². The fourth-order valence-electron chi connectivity index (χ4n) is 2.65. The first-order valence-corrected chi connectivity index (χ1v) is 7.52. The Kier molecular flexibility index (Phi) is 5.77. The van der Waals surface area contributed by atoms with Crippen LogP contribution in [0.3, 0.4) is 0 Å². The number of aliphatic carboxylic acids is 1. The molecule has 1 heterocycles. The second kappa shape index (κ2) is 7.79. The molecule has 120 valence electrons. The van der Waals surface area contributed by atoms with Gasteiger partial charge in [-0.1, -0.05) is 30.3 Å². The molecule has 0 bridgehead atoms. The maximum Gasteiger partial charge on any atom is 0.409 e. The van der Waals surface area contributed by atoms with Gasteiger partial charge in [0.1, 0.15) is 0 Å². The molecule has 0 spiro atoms. The standard InChI is InChI=1S/C16H22N2O4/c1-2-22-16(21)18-10-13(15(19)20)8-14(11-18)17-9-12-6-4-3-5-7-12/h3-7,13-14,17H,2,8-11H2,1H3,(H,19,20).